The topological polar surface area (TPSA) is 21.3 Å². The lowest BCUT2D eigenvalue weighted by Crippen LogP contribution is -2.24. The highest BCUT2D eigenvalue weighted by Crippen LogP contribution is 2.16. The lowest BCUT2D eigenvalue weighted by atomic mass is 10.1. The molecule has 1 atom stereocenters. The van der Waals surface area contributed by atoms with E-state index in [0.717, 1.165) is 16.8 Å². The normalized spacial score (nSPS) is 12.2. The molecule has 0 amide bonds. The number of hydrogen-bond acceptors (Lipinski definition) is 2. The first kappa shape index (κ1) is 15.1. The van der Waals surface area contributed by atoms with Crippen molar-refractivity contribution in [2.45, 2.75) is 19.9 Å². The fourth-order valence-corrected chi connectivity index (χ4v) is 2.30. The summed E-state index contributed by atoms with van der Waals surface area (Å²) < 4.78 is 6.75. The molecule has 0 unspecified atom stereocenters. The van der Waals surface area contributed by atoms with Crippen molar-refractivity contribution in [1.29, 1.82) is 0 Å². The van der Waals surface area contributed by atoms with Gasteiger partial charge in [0.2, 0.25) is 0 Å². The van der Waals surface area contributed by atoms with Crippen molar-refractivity contribution in [3.05, 3.63) is 64.1 Å². The maximum atomic E-state index is 5.69. The van der Waals surface area contributed by atoms with Gasteiger partial charge >= 0.3 is 0 Å². The molecule has 2 nitrogen and oxygen atoms in total. The largest absolute Gasteiger partial charge is 0.492 e. The molecule has 106 valence electrons. The van der Waals surface area contributed by atoms with E-state index in [9.17, 15) is 0 Å². The minimum Gasteiger partial charge on any atom is -0.492 e. The smallest absolute Gasteiger partial charge is 0.119 e. The Morgan fingerprint density at radius 1 is 1.15 bits per heavy atom. The molecule has 0 aliphatic rings. The molecular weight excluding hydrogens is 314 g/mol. The van der Waals surface area contributed by atoms with Gasteiger partial charge in [-0.1, -0.05) is 45.8 Å². The molecular formula is C17H20BrNO. The second kappa shape index (κ2) is 7.46. The first-order valence-corrected chi connectivity index (χ1v) is 7.63. The van der Waals surface area contributed by atoms with E-state index in [4.69, 9.17) is 4.74 Å². The fraction of sp³-hybridized carbons (Fsp3) is 0.294. The summed E-state index contributed by atoms with van der Waals surface area (Å²) in [7, 11) is 0. The average molecular weight is 334 g/mol. The third-order valence-corrected chi connectivity index (χ3v) is 3.71. The van der Waals surface area contributed by atoms with E-state index < -0.39 is 0 Å². The highest BCUT2D eigenvalue weighted by atomic mass is 79.9. The van der Waals surface area contributed by atoms with E-state index >= 15 is 0 Å². The van der Waals surface area contributed by atoms with Crippen molar-refractivity contribution in [3.63, 3.8) is 0 Å². The number of nitrogens with one attached hydrogen (secondary N) is 1. The summed E-state index contributed by atoms with van der Waals surface area (Å²) in [5.74, 6) is 0.901. The average Bonchev–Trinajstić information content (AvgIpc) is 2.45. The molecule has 0 saturated heterocycles. The Balaban J connectivity index is 1.74. The lowest BCUT2D eigenvalue weighted by molar-refractivity contribution is 0.307. The number of ether oxygens (including phenoxy) is 1. The number of halogens is 1. The molecule has 1 N–H and O–H groups in total. The van der Waals surface area contributed by atoms with E-state index in [0.29, 0.717) is 12.6 Å². The van der Waals surface area contributed by atoms with Crippen LogP contribution in [0.4, 0.5) is 0 Å². The Hall–Kier alpha value is -1.32. The van der Waals surface area contributed by atoms with Crippen LogP contribution >= 0.6 is 15.9 Å². The predicted octanol–water partition coefficient (Wildman–Crippen LogP) is 4.49. The van der Waals surface area contributed by atoms with Gasteiger partial charge < -0.3 is 10.1 Å². The van der Waals surface area contributed by atoms with Crippen LogP contribution in [0.5, 0.6) is 5.75 Å². The second-order valence-corrected chi connectivity index (χ2v) is 5.81. The van der Waals surface area contributed by atoms with Crippen LogP contribution in [-0.4, -0.2) is 13.2 Å². The zero-order valence-corrected chi connectivity index (χ0v) is 13.5. The maximum absolute atomic E-state index is 5.69. The number of hydrogen-bond donors (Lipinski definition) is 1. The first-order chi connectivity index (χ1) is 9.65. The summed E-state index contributed by atoms with van der Waals surface area (Å²) in [6.07, 6.45) is 0. The first-order valence-electron chi connectivity index (χ1n) is 6.83. The van der Waals surface area contributed by atoms with Crippen molar-refractivity contribution in [3.8, 4) is 5.75 Å². The quantitative estimate of drug-likeness (QED) is 0.786. The van der Waals surface area contributed by atoms with Gasteiger partial charge in [0.05, 0.1) is 0 Å². The summed E-state index contributed by atoms with van der Waals surface area (Å²) in [6.45, 7) is 5.78. The Morgan fingerprint density at radius 3 is 2.60 bits per heavy atom. The second-order valence-electron chi connectivity index (χ2n) is 4.89. The standard InChI is InChI=1S/C17H20BrNO/c1-13-4-3-5-15(12-13)14(2)19-10-11-20-17-8-6-16(18)7-9-17/h3-9,12,14,19H,10-11H2,1-2H3/t14-/m1/s1. The van der Waals surface area contributed by atoms with Crippen LogP contribution in [0, 0.1) is 6.92 Å². The zero-order chi connectivity index (χ0) is 14.4. The molecule has 20 heavy (non-hydrogen) atoms. The third-order valence-electron chi connectivity index (χ3n) is 3.18. The van der Waals surface area contributed by atoms with Gasteiger partial charge in [-0.2, -0.15) is 0 Å². The Bertz CT molecular complexity index is 539. The summed E-state index contributed by atoms with van der Waals surface area (Å²) in [5, 5.41) is 3.47. The summed E-state index contributed by atoms with van der Waals surface area (Å²) in [4.78, 5) is 0. The van der Waals surface area contributed by atoms with Crippen LogP contribution in [0.25, 0.3) is 0 Å². The van der Waals surface area contributed by atoms with Crippen LogP contribution in [0.3, 0.4) is 0 Å². The van der Waals surface area contributed by atoms with Crippen molar-refractivity contribution in [2.24, 2.45) is 0 Å². The zero-order valence-electron chi connectivity index (χ0n) is 11.9. The van der Waals surface area contributed by atoms with Crippen LogP contribution < -0.4 is 10.1 Å². The van der Waals surface area contributed by atoms with E-state index in [2.05, 4.69) is 59.4 Å². The lowest BCUT2D eigenvalue weighted by Gasteiger charge is -2.15. The molecule has 0 bridgehead atoms. The summed E-state index contributed by atoms with van der Waals surface area (Å²) >= 11 is 3.41. The molecule has 2 rings (SSSR count). The Kier molecular flexibility index (Phi) is 5.62. The van der Waals surface area contributed by atoms with Gasteiger partial charge in [0.25, 0.3) is 0 Å². The minimum atomic E-state index is 0.336. The van der Waals surface area contributed by atoms with Crippen LogP contribution in [0.15, 0.2) is 53.0 Å². The number of aryl methyl sites for hydroxylation is 1. The predicted molar refractivity (Wildman–Crippen MR) is 87.2 cm³/mol. The van der Waals surface area contributed by atoms with Gasteiger partial charge in [-0.25, -0.2) is 0 Å². The highest BCUT2D eigenvalue weighted by Gasteiger charge is 2.04. The van der Waals surface area contributed by atoms with E-state index in [-0.39, 0.29) is 0 Å². The highest BCUT2D eigenvalue weighted by molar-refractivity contribution is 9.10. The Labute approximate surface area is 129 Å². The van der Waals surface area contributed by atoms with Gasteiger partial charge in [-0.05, 0) is 43.7 Å². The molecule has 0 aliphatic heterocycles. The fourth-order valence-electron chi connectivity index (χ4n) is 2.03. The molecule has 2 aromatic rings. The molecule has 0 spiro atoms. The Morgan fingerprint density at radius 2 is 1.90 bits per heavy atom. The molecule has 0 aliphatic carbocycles. The van der Waals surface area contributed by atoms with Crippen molar-refractivity contribution >= 4 is 15.9 Å². The molecule has 0 radical (unpaired) electrons. The molecule has 0 heterocycles. The van der Waals surface area contributed by atoms with Crippen LogP contribution in [-0.2, 0) is 0 Å². The number of benzene rings is 2. The molecule has 2 aromatic carbocycles. The third kappa shape index (κ3) is 4.66. The minimum absolute atomic E-state index is 0.336. The van der Waals surface area contributed by atoms with Gasteiger partial charge in [0.1, 0.15) is 12.4 Å². The van der Waals surface area contributed by atoms with Crippen molar-refractivity contribution in [1.82, 2.24) is 5.32 Å². The van der Waals surface area contributed by atoms with Gasteiger partial charge in [-0.15, -0.1) is 0 Å². The molecule has 0 saturated carbocycles. The summed E-state index contributed by atoms with van der Waals surface area (Å²) in [6, 6.07) is 16.8. The molecule has 0 aromatic heterocycles. The SMILES string of the molecule is Cc1cccc([C@@H](C)NCCOc2ccc(Br)cc2)c1. The van der Waals surface area contributed by atoms with Crippen LogP contribution in [0.1, 0.15) is 24.1 Å². The van der Waals surface area contributed by atoms with Gasteiger partial charge in [0, 0.05) is 17.1 Å². The monoisotopic (exact) mass is 333 g/mol. The van der Waals surface area contributed by atoms with Crippen molar-refractivity contribution < 1.29 is 4.74 Å². The van der Waals surface area contributed by atoms with Gasteiger partial charge in [0.15, 0.2) is 0 Å². The number of rotatable bonds is 6. The van der Waals surface area contributed by atoms with Gasteiger partial charge in [-0.3, -0.25) is 0 Å². The molecule has 0 fully saturated rings. The van der Waals surface area contributed by atoms with E-state index in [1.807, 2.05) is 24.3 Å². The summed E-state index contributed by atoms with van der Waals surface area (Å²) in [5.41, 5.74) is 2.61. The maximum Gasteiger partial charge on any atom is 0.119 e. The molecule has 3 heteroatoms. The van der Waals surface area contributed by atoms with E-state index in [1.165, 1.54) is 11.1 Å². The van der Waals surface area contributed by atoms with Crippen LogP contribution in [0.2, 0.25) is 0 Å². The van der Waals surface area contributed by atoms with E-state index in [1.54, 1.807) is 0 Å². The van der Waals surface area contributed by atoms with Crippen molar-refractivity contribution in [2.75, 3.05) is 13.2 Å².